The minimum atomic E-state index is 0.545. The van der Waals surface area contributed by atoms with Crippen LogP contribution < -0.4 is 5.32 Å². The molecule has 16 heavy (non-hydrogen) atoms. The predicted molar refractivity (Wildman–Crippen MR) is 64.2 cm³/mol. The van der Waals surface area contributed by atoms with Gasteiger partial charge in [-0.3, -0.25) is 4.98 Å². The van der Waals surface area contributed by atoms with E-state index in [9.17, 15) is 0 Å². The zero-order valence-corrected chi connectivity index (χ0v) is 9.99. The van der Waals surface area contributed by atoms with Gasteiger partial charge in [0.05, 0.1) is 5.69 Å². The average molecular weight is 237 g/mol. The summed E-state index contributed by atoms with van der Waals surface area (Å²) in [4.78, 5) is 8.34. The van der Waals surface area contributed by atoms with Gasteiger partial charge in [0.2, 0.25) is 0 Å². The molecule has 0 amide bonds. The van der Waals surface area contributed by atoms with Crippen LogP contribution in [0.3, 0.4) is 0 Å². The molecule has 0 aliphatic carbocycles. The number of hydrogen-bond acceptors (Lipinski definition) is 3. The van der Waals surface area contributed by atoms with E-state index in [1.54, 1.807) is 12.4 Å². The van der Waals surface area contributed by atoms with Gasteiger partial charge in [-0.2, -0.15) is 0 Å². The van der Waals surface area contributed by atoms with Crippen LogP contribution >= 0.6 is 11.6 Å². The molecule has 0 unspecified atom stereocenters. The molecular weight excluding hydrogens is 224 g/mol. The highest BCUT2D eigenvalue weighted by Gasteiger charge is 2.13. The van der Waals surface area contributed by atoms with Gasteiger partial charge in [-0.15, -0.1) is 0 Å². The molecule has 2 aromatic rings. The van der Waals surface area contributed by atoms with E-state index in [-0.39, 0.29) is 0 Å². The summed E-state index contributed by atoms with van der Waals surface area (Å²) < 4.78 is 1.99. The summed E-state index contributed by atoms with van der Waals surface area (Å²) in [7, 11) is 3.84. The lowest BCUT2D eigenvalue weighted by molar-refractivity contribution is 0.738. The second-order valence-corrected chi connectivity index (χ2v) is 3.86. The second kappa shape index (κ2) is 4.63. The first-order chi connectivity index (χ1) is 7.74. The number of hydrogen-bond donors (Lipinski definition) is 1. The molecule has 0 aromatic carbocycles. The first kappa shape index (κ1) is 11.1. The molecule has 2 rings (SSSR count). The van der Waals surface area contributed by atoms with Crippen LogP contribution in [-0.4, -0.2) is 21.6 Å². The van der Waals surface area contributed by atoms with Gasteiger partial charge in [0.25, 0.3) is 0 Å². The van der Waals surface area contributed by atoms with Gasteiger partial charge in [0.1, 0.15) is 5.82 Å². The highest BCUT2D eigenvalue weighted by molar-refractivity contribution is 6.30. The summed E-state index contributed by atoms with van der Waals surface area (Å²) in [5, 5.41) is 3.62. The van der Waals surface area contributed by atoms with E-state index in [0.29, 0.717) is 11.7 Å². The van der Waals surface area contributed by atoms with Crippen molar-refractivity contribution >= 4 is 11.6 Å². The van der Waals surface area contributed by atoms with Crippen molar-refractivity contribution in [2.24, 2.45) is 7.05 Å². The molecule has 5 heteroatoms. The van der Waals surface area contributed by atoms with Crippen LogP contribution in [0, 0.1) is 0 Å². The van der Waals surface area contributed by atoms with Gasteiger partial charge in [0.15, 0.2) is 5.15 Å². The van der Waals surface area contributed by atoms with E-state index in [1.807, 2.05) is 30.8 Å². The number of aromatic nitrogens is 3. The van der Waals surface area contributed by atoms with Crippen LogP contribution in [0.25, 0.3) is 11.4 Å². The lowest BCUT2D eigenvalue weighted by Gasteiger charge is -2.05. The normalized spacial score (nSPS) is 10.7. The Balaban J connectivity index is 2.47. The van der Waals surface area contributed by atoms with E-state index in [0.717, 1.165) is 17.1 Å². The van der Waals surface area contributed by atoms with Crippen LogP contribution in [0.4, 0.5) is 0 Å². The molecule has 0 saturated heterocycles. The minimum Gasteiger partial charge on any atom is -0.329 e. The van der Waals surface area contributed by atoms with Crippen molar-refractivity contribution in [1.29, 1.82) is 0 Å². The molecular formula is C11H13ClN4. The smallest absolute Gasteiger partial charge is 0.152 e. The minimum absolute atomic E-state index is 0.545. The first-order valence-electron chi connectivity index (χ1n) is 5.00. The third-order valence-electron chi connectivity index (χ3n) is 2.45. The van der Waals surface area contributed by atoms with Crippen molar-refractivity contribution in [3.8, 4) is 11.4 Å². The number of nitrogens with zero attached hydrogens (tertiary/aromatic N) is 3. The third-order valence-corrected chi connectivity index (χ3v) is 2.75. The van der Waals surface area contributed by atoms with Crippen molar-refractivity contribution in [3.05, 3.63) is 35.4 Å². The van der Waals surface area contributed by atoms with Crippen LogP contribution in [0.1, 0.15) is 5.69 Å². The van der Waals surface area contributed by atoms with Crippen LogP contribution in [-0.2, 0) is 13.6 Å². The Hall–Kier alpha value is -1.39. The zero-order chi connectivity index (χ0) is 11.5. The van der Waals surface area contributed by atoms with Gasteiger partial charge >= 0.3 is 0 Å². The van der Waals surface area contributed by atoms with E-state index in [2.05, 4.69) is 15.3 Å². The molecule has 2 aromatic heterocycles. The maximum absolute atomic E-state index is 6.09. The van der Waals surface area contributed by atoms with Crippen molar-refractivity contribution < 1.29 is 0 Å². The zero-order valence-electron chi connectivity index (χ0n) is 9.24. The van der Waals surface area contributed by atoms with Gasteiger partial charge in [-0.05, 0) is 19.2 Å². The van der Waals surface area contributed by atoms with Crippen molar-refractivity contribution in [1.82, 2.24) is 19.9 Å². The number of nitrogens with one attached hydrogen (secondary N) is 1. The average Bonchev–Trinajstić information content (AvgIpc) is 2.59. The highest BCUT2D eigenvalue weighted by atomic mass is 35.5. The molecule has 0 fully saturated rings. The molecule has 2 heterocycles. The van der Waals surface area contributed by atoms with Gasteiger partial charge in [0, 0.05) is 31.5 Å². The Morgan fingerprint density at radius 1 is 1.38 bits per heavy atom. The Labute approximate surface area is 99.3 Å². The fourth-order valence-corrected chi connectivity index (χ4v) is 1.89. The standard InChI is InChI=1S/C11H13ClN4/c1-13-7-9-10(12)15-11(16(9)2)8-3-5-14-6-4-8/h3-6,13H,7H2,1-2H3. The first-order valence-corrected chi connectivity index (χ1v) is 5.38. The monoisotopic (exact) mass is 236 g/mol. The summed E-state index contributed by atoms with van der Waals surface area (Å²) in [5.41, 5.74) is 2.00. The summed E-state index contributed by atoms with van der Waals surface area (Å²) in [6.07, 6.45) is 3.49. The molecule has 0 radical (unpaired) electrons. The van der Waals surface area contributed by atoms with E-state index in [4.69, 9.17) is 11.6 Å². The van der Waals surface area contributed by atoms with Crippen LogP contribution in [0.15, 0.2) is 24.5 Å². The summed E-state index contributed by atoms with van der Waals surface area (Å²) in [6, 6.07) is 3.84. The Kier molecular flexibility index (Phi) is 3.22. The summed E-state index contributed by atoms with van der Waals surface area (Å²) >= 11 is 6.09. The van der Waals surface area contributed by atoms with E-state index < -0.39 is 0 Å². The maximum atomic E-state index is 6.09. The van der Waals surface area contributed by atoms with Crippen molar-refractivity contribution in [3.63, 3.8) is 0 Å². The Morgan fingerprint density at radius 3 is 2.69 bits per heavy atom. The number of imidazole rings is 1. The van der Waals surface area contributed by atoms with Crippen molar-refractivity contribution in [2.45, 2.75) is 6.54 Å². The molecule has 0 saturated carbocycles. The largest absolute Gasteiger partial charge is 0.329 e. The lowest BCUT2D eigenvalue weighted by Crippen LogP contribution is -2.10. The Morgan fingerprint density at radius 2 is 2.06 bits per heavy atom. The molecule has 0 aliphatic heterocycles. The van der Waals surface area contributed by atoms with Crippen LogP contribution in [0.5, 0.6) is 0 Å². The van der Waals surface area contributed by atoms with Gasteiger partial charge < -0.3 is 9.88 Å². The molecule has 0 bridgehead atoms. The number of pyridine rings is 1. The van der Waals surface area contributed by atoms with E-state index >= 15 is 0 Å². The molecule has 0 aliphatic rings. The molecule has 0 atom stereocenters. The molecule has 84 valence electrons. The molecule has 0 spiro atoms. The lowest BCUT2D eigenvalue weighted by atomic mass is 10.2. The Bertz CT molecular complexity index is 478. The van der Waals surface area contributed by atoms with Gasteiger partial charge in [-0.1, -0.05) is 11.6 Å². The van der Waals surface area contributed by atoms with Crippen LogP contribution in [0.2, 0.25) is 5.15 Å². The van der Waals surface area contributed by atoms with Crippen molar-refractivity contribution in [2.75, 3.05) is 7.05 Å². The fraction of sp³-hybridized carbons (Fsp3) is 0.273. The SMILES string of the molecule is CNCc1c(Cl)nc(-c2ccncc2)n1C. The quantitative estimate of drug-likeness (QED) is 0.885. The fourth-order valence-electron chi connectivity index (χ4n) is 1.62. The second-order valence-electron chi connectivity index (χ2n) is 3.50. The predicted octanol–water partition coefficient (Wildman–Crippen LogP) is 1.85. The highest BCUT2D eigenvalue weighted by Crippen LogP contribution is 2.23. The molecule has 4 nitrogen and oxygen atoms in total. The molecule has 1 N–H and O–H groups in total. The maximum Gasteiger partial charge on any atom is 0.152 e. The van der Waals surface area contributed by atoms with E-state index in [1.165, 1.54) is 0 Å². The van der Waals surface area contributed by atoms with Gasteiger partial charge in [-0.25, -0.2) is 4.98 Å². The number of rotatable bonds is 3. The third kappa shape index (κ3) is 1.94. The topological polar surface area (TPSA) is 42.7 Å². The summed E-state index contributed by atoms with van der Waals surface area (Å²) in [5.74, 6) is 0.859. The number of halogens is 1. The summed E-state index contributed by atoms with van der Waals surface area (Å²) in [6.45, 7) is 0.702.